The molecule has 1 aromatic carbocycles. The lowest BCUT2D eigenvalue weighted by atomic mass is 10.1. The molecule has 0 spiro atoms. The average Bonchev–Trinajstić information content (AvgIpc) is 2.68. The highest BCUT2D eigenvalue weighted by Crippen LogP contribution is 2.27. The lowest BCUT2D eigenvalue weighted by Gasteiger charge is -2.10. The van der Waals surface area contributed by atoms with Crippen LogP contribution in [0.1, 0.15) is 13.8 Å². The average molecular weight is 389 g/mol. The molecule has 0 amide bonds. The molecule has 2 aromatic rings. The van der Waals surface area contributed by atoms with Gasteiger partial charge in [-0.2, -0.15) is 4.98 Å². The maximum absolute atomic E-state index is 14.5. The van der Waals surface area contributed by atoms with Gasteiger partial charge >= 0.3 is 11.9 Å². The van der Waals surface area contributed by atoms with E-state index in [1.54, 1.807) is 32.0 Å². The highest BCUT2D eigenvalue weighted by molar-refractivity contribution is 6.23. The highest BCUT2D eigenvalue weighted by atomic mass is 19.1. The number of ether oxygens (including phenoxy) is 2. The van der Waals surface area contributed by atoms with Gasteiger partial charge < -0.3 is 20.5 Å². The van der Waals surface area contributed by atoms with E-state index >= 15 is 0 Å². The molecule has 9 nitrogen and oxygen atoms in total. The topological polar surface area (TPSA) is 129 Å². The molecule has 0 saturated carbocycles. The summed E-state index contributed by atoms with van der Waals surface area (Å²) in [6.45, 7) is 3.64. The SMILES string of the molecule is CCOC(=O)C=Nc1cccc(-c2nc(NCC(=O)OCC)nc(N)c2F)c1. The zero-order valence-electron chi connectivity index (χ0n) is 15.4. The number of esters is 2. The minimum atomic E-state index is -0.812. The second kappa shape index (κ2) is 9.95. The van der Waals surface area contributed by atoms with Crippen LogP contribution in [0.4, 0.5) is 21.8 Å². The molecule has 2 rings (SSSR count). The van der Waals surface area contributed by atoms with E-state index in [-0.39, 0.29) is 37.2 Å². The Morgan fingerprint density at radius 3 is 2.71 bits per heavy atom. The van der Waals surface area contributed by atoms with Crippen LogP contribution >= 0.6 is 0 Å². The zero-order valence-corrected chi connectivity index (χ0v) is 15.4. The number of hydrogen-bond donors (Lipinski definition) is 2. The van der Waals surface area contributed by atoms with Gasteiger partial charge in [-0.3, -0.25) is 4.79 Å². The first-order chi connectivity index (χ1) is 13.4. The van der Waals surface area contributed by atoms with Crippen molar-refractivity contribution in [1.82, 2.24) is 9.97 Å². The third-order valence-corrected chi connectivity index (χ3v) is 3.30. The summed E-state index contributed by atoms with van der Waals surface area (Å²) in [6.07, 6.45) is 1.03. The molecule has 0 atom stereocenters. The highest BCUT2D eigenvalue weighted by Gasteiger charge is 2.15. The minimum absolute atomic E-state index is 0.0256. The third-order valence-electron chi connectivity index (χ3n) is 3.30. The number of halogens is 1. The molecule has 0 aliphatic rings. The minimum Gasteiger partial charge on any atom is -0.465 e. The van der Waals surface area contributed by atoms with Gasteiger partial charge in [-0.25, -0.2) is 19.2 Å². The van der Waals surface area contributed by atoms with Crippen molar-refractivity contribution in [3.8, 4) is 11.3 Å². The van der Waals surface area contributed by atoms with Crippen LogP contribution in [-0.4, -0.2) is 47.9 Å². The summed E-state index contributed by atoms with van der Waals surface area (Å²) in [4.78, 5) is 34.7. The van der Waals surface area contributed by atoms with E-state index in [4.69, 9.17) is 15.2 Å². The Morgan fingerprint density at radius 1 is 1.25 bits per heavy atom. The van der Waals surface area contributed by atoms with Gasteiger partial charge in [-0.1, -0.05) is 12.1 Å². The number of carbonyl (C=O) groups excluding carboxylic acids is 2. The van der Waals surface area contributed by atoms with Crippen molar-refractivity contribution in [3.63, 3.8) is 0 Å². The normalized spacial score (nSPS) is 10.7. The molecular weight excluding hydrogens is 369 g/mol. The molecule has 0 radical (unpaired) electrons. The molecule has 0 bridgehead atoms. The van der Waals surface area contributed by atoms with E-state index < -0.39 is 17.8 Å². The monoisotopic (exact) mass is 389 g/mol. The number of nitrogens with zero attached hydrogens (tertiary/aromatic N) is 3. The van der Waals surface area contributed by atoms with Crippen molar-refractivity contribution in [2.45, 2.75) is 13.8 Å². The van der Waals surface area contributed by atoms with Gasteiger partial charge in [0.2, 0.25) is 5.95 Å². The van der Waals surface area contributed by atoms with Crippen LogP contribution in [0.15, 0.2) is 29.3 Å². The van der Waals surface area contributed by atoms with Crippen molar-refractivity contribution in [3.05, 3.63) is 30.1 Å². The zero-order chi connectivity index (χ0) is 20.5. The van der Waals surface area contributed by atoms with Crippen LogP contribution in [0, 0.1) is 5.82 Å². The quantitative estimate of drug-likeness (QED) is 0.519. The molecule has 0 unspecified atom stereocenters. The van der Waals surface area contributed by atoms with Crippen LogP contribution in [0.2, 0.25) is 0 Å². The Kier molecular flexibility index (Phi) is 7.37. The third kappa shape index (κ3) is 5.73. The van der Waals surface area contributed by atoms with Gasteiger partial charge in [0, 0.05) is 5.56 Å². The van der Waals surface area contributed by atoms with E-state index in [1.165, 1.54) is 6.07 Å². The van der Waals surface area contributed by atoms with Crippen molar-refractivity contribution >= 4 is 35.6 Å². The lowest BCUT2D eigenvalue weighted by Crippen LogP contribution is -2.18. The smallest absolute Gasteiger partial charge is 0.349 e. The predicted octanol–water partition coefficient (Wildman–Crippen LogP) is 2.11. The summed E-state index contributed by atoms with van der Waals surface area (Å²) in [5.74, 6) is -2.31. The van der Waals surface area contributed by atoms with Crippen LogP contribution in [0.25, 0.3) is 11.3 Å². The molecule has 0 aliphatic heterocycles. The van der Waals surface area contributed by atoms with Crippen LogP contribution < -0.4 is 11.1 Å². The summed E-state index contributed by atoms with van der Waals surface area (Å²) in [7, 11) is 0. The Morgan fingerprint density at radius 2 is 2.00 bits per heavy atom. The molecular formula is C18H20FN5O4. The molecule has 28 heavy (non-hydrogen) atoms. The van der Waals surface area contributed by atoms with Gasteiger partial charge in [0.1, 0.15) is 18.5 Å². The van der Waals surface area contributed by atoms with Gasteiger partial charge in [0.05, 0.1) is 18.9 Å². The first kappa shape index (κ1) is 20.7. The summed E-state index contributed by atoms with van der Waals surface area (Å²) in [6, 6.07) is 6.37. The van der Waals surface area contributed by atoms with Crippen molar-refractivity contribution in [2.75, 3.05) is 30.8 Å². The fraction of sp³-hybridized carbons (Fsp3) is 0.278. The van der Waals surface area contributed by atoms with Crippen molar-refractivity contribution < 1.29 is 23.5 Å². The summed E-state index contributed by atoms with van der Waals surface area (Å²) in [5.41, 5.74) is 6.30. The predicted molar refractivity (Wildman–Crippen MR) is 102 cm³/mol. The first-order valence-electron chi connectivity index (χ1n) is 8.48. The van der Waals surface area contributed by atoms with Gasteiger partial charge in [-0.15, -0.1) is 0 Å². The van der Waals surface area contributed by atoms with Gasteiger partial charge in [0.15, 0.2) is 11.6 Å². The Hall–Kier alpha value is -3.56. The van der Waals surface area contributed by atoms with E-state index in [9.17, 15) is 14.0 Å². The molecule has 148 valence electrons. The van der Waals surface area contributed by atoms with Crippen molar-refractivity contribution in [1.29, 1.82) is 0 Å². The Labute approximate surface area is 160 Å². The number of aromatic nitrogens is 2. The lowest BCUT2D eigenvalue weighted by molar-refractivity contribution is -0.141. The van der Waals surface area contributed by atoms with Gasteiger partial charge in [0.25, 0.3) is 0 Å². The number of carbonyl (C=O) groups is 2. The molecule has 10 heteroatoms. The van der Waals surface area contributed by atoms with E-state index in [1.807, 2.05) is 0 Å². The van der Waals surface area contributed by atoms with Crippen LogP contribution in [0.5, 0.6) is 0 Å². The maximum Gasteiger partial charge on any atom is 0.349 e. The van der Waals surface area contributed by atoms with Crippen molar-refractivity contribution in [2.24, 2.45) is 4.99 Å². The molecule has 3 N–H and O–H groups in total. The molecule has 0 fully saturated rings. The number of nitrogens with one attached hydrogen (secondary N) is 1. The van der Waals surface area contributed by atoms with E-state index in [0.29, 0.717) is 11.3 Å². The maximum atomic E-state index is 14.5. The molecule has 1 aromatic heterocycles. The number of benzene rings is 1. The fourth-order valence-corrected chi connectivity index (χ4v) is 2.14. The van der Waals surface area contributed by atoms with Crippen LogP contribution in [0.3, 0.4) is 0 Å². The number of hydrogen-bond acceptors (Lipinski definition) is 9. The van der Waals surface area contributed by atoms with Crippen LogP contribution in [-0.2, 0) is 19.1 Å². The largest absolute Gasteiger partial charge is 0.465 e. The number of rotatable bonds is 8. The second-order valence-corrected chi connectivity index (χ2v) is 5.31. The molecule has 0 aliphatic carbocycles. The Bertz CT molecular complexity index is 888. The first-order valence-corrected chi connectivity index (χ1v) is 8.48. The number of aliphatic imine (C=N–C) groups is 1. The fourth-order valence-electron chi connectivity index (χ4n) is 2.14. The summed E-state index contributed by atoms with van der Waals surface area (Å²) >= 11 is 0. The second-order valence-electron chi connectivity index (χ2n) is 5.31. The number of nitrogens with two attached hydrogens (primary N) is 1. The molecule has 0 saturated heterocycles. The van der Waals surface area contributed by atoms with Gasteiger partial charge in [-0.05, 0) is 26.0 Å². The number of nitrogen functional groups attached to an aromatic ring is 1. The molecule has 1 heterocycles. The van der Waals surface area contributed by atoms with E-state index in [2.05, 4.69) is 20.3 Å². The Balaban J connectivity index is 2.27. The summed E-state index contributed by atoms with van der Waals surface area (Å²) in [5, 5.41) is 2.64. The number of anilines is 2. The summed E-state index contributed by atoms with van der Waals surface area (Å²) < 4.78 is 24.0. The standard InChI is InChI=1S/C18H20FN5O4/c1-3-27-13(25)9-21-12-7-5-6-11(8-12)16-15(19)17(20)24-18(23-16)22-10-14(26)28-4-2/h5-9H,3-4,10H2,1-2H3,(H3,20,22,23,24). The van der Waals surface area contributed by atoms with E-state index in [0.717, 1.165) is 6.21 Å².